The van der Waals surface area contributed by atoms with Crippen molar-refractivity contribution in [2.75, 3.05) is 31.7 Å². The largest absolute Gasteiger partial charge is 0.396 e. The molecule has 0 aromatic carbocycles. The summed E-state index contributed by atoms with van der Waals surface area (Å²) in [5, 5.41) is 8.62. The maximum absolute atomic E-state index is 11.1. The van der Waals surface area contributed by atoms with Crippen LogP contribution in [0.2, 0.25) is 0 Å². The zero-order valence-corrected chi connectivity index (χ0v) is 8.76. The van der Waals surface area contributed by atoms with Crippen molar-refractivity contribution in [2.24, 2.45) is 0 Å². The van der Waals surface area contributed by atoms with Gasteiger partial charge in [0.25, 0.3) is 0 Å². The van der Waals surface area contributed by atoms with Crippen LogP contribution in [0.4, 0.5) is 0 Å². The van der Waals surface area contributed by atoms with E-state index in [0.29, 0.717) is 12.2 Å². The molecule has 78 valence electrons. The lowest BCUT2D eigenvalue weighted by molar-refractivity contribution is 0.218. The van der Waals surface area contributed by atoms with E-state index in [1.165, 1.54) is 0 Å². The summed E-state index contributed by atoms with van der Waals surface area (Å²) in [6, 6.07) is 0.163. The molecule has 0 saturated carbocycles. The van der Waals surface area contributed by atoms with Crippen LogP contribution in [0.1, 0.15) is 12.8 Å². The first-order chi connectivity index (χ1) is 6.05. The van der Waals surface area contributed by atoms with Gasteiger partial charge in [0.15, 0.2) is 9.84 Å². The molecule has 0 amide bonds. The van der Waals surface area contributed by atoms with E-state index >= 15 is 0 Å². The van der Waals surface area contributed by atoms with Crippen LogP contribution in [-0.2, 0) is 9.84 Å². The van der Waals surface area contributed by atoms with Gasteiger partial charge < -0.3 is 10.0 Å². The Kier molecular flexibility index (Phi) is 3.70. The minimum absolute atomic E-state index is 0.163. The predicted molar refractivity (Wildman–Crippen MR) is 51.4 cm³/mol. The van der Waals surface area contributed by atoms with Gasteiger partial charge >= 0.3 is 0 Å². The molecule has 1 atom stereocenters. The first-order valence-corrected chi connectivity index (χ1v) is 6.39. The van der Waals surface area contributed by atoms with Crippen LogP contribution in [0, 0.1) is 0 Å². The van der Waals surface area contributed by atoms with Gasteiger partial charge in [-0.1, -0.05) is 0 Å². The van der Waals surface area contributed by atoms with Gasteiger partial charge in [-0.2, -0.15) is 0 Å². The molecule has 1 rings (SSSR count). The first kappa shape index (κ1) is 10.9. The first-order valence-electron chi connectivity index (χ1n) is 4.57. The SMILES string of the molecule is CN(CCCO)C1CCS(=O)(=O)C1. The van der Waals surface area contributed by atoms with Crippen LogP contribution < -0.4 is 0 Å². The second-order valence-electron chi connectivity index (χ2n) is 3.61. The Morgan fingerprint density at radius 3 is 2.69 bits per heavy atom. The molecule has 0 radical (unpaired) electrons. The number of aliphatic hydroxyl groups is 1. The Bertz CT molecular complexity index is 250. The van der Waals surface area contributed by atoms with E-state index in [1.807, 2.05) is 11.9 Å². The van der Waals surface area contributed by atoms with Crippen molar-refractivity contribution < 1.29 is 13.5 Å². The molecule has 0 spiro atoms. The molecular weight excluding hydrogens is 190 g/mol. The molecule has 4 nitrogen and oxygen atoms in total. The van der Waals surface area contributed by atoms with E-state index < -0.39 is 9.84 Å². The molecule has 1 N–H and O–H groups in total. The van der Waals surface area contributed by atoms with Crippen molar-refractivity contribution in [3.63, 3.8) is 0 Å². The highest BCUT2D eigenvalue weighted by Gasteiger charge is 2.30. The summed E-state index contributed by atoms with van der Waals surface area (Å²) >= 11 is 0. The van der Waals surface area contributed by atoms with Crippen LogP contribution in [0.25, 0.3) is 0 Å². The highest BCUT2D eigenvalue weighted by molar-refractivity contribution is 7.91. The Morgan fingerprint density at radius 2 is 2.23 bits per heavy atom. The molecule has 0 aromatic heterocycles. The molecule has 1 heterocycles. The molecule has 0 aliphatic carbocycles. The van der Waals surface area contributed by atoms with E-state index in [0.717, 1.165) is 13.0 Å². The standard InChI is InChI=1S/C8H17NO3S/c1-9(4-2-5-10)8-3-6-13(11,12)7-8/h8,10H,2-7H2,1H3. The highest BCUT2D eigenvalue weighted by atomic mass is 32.2. The Balaban J connectivity index is 2.37. The lowest BCUT2D eigenvalue weighted by Crippen LogP contribution is -2.33. The lowest BCUT2D eigenvalue weighted by atomic mass is 10.2. The maximum Gasteiger partial charge on any atom is 0.151 e. The summed E-state index contributed by atoms with van der Waals surface area (Å²) in [5.74, 6) is 0.607. The zero-order valence-electron chi connectivity index (χ0n) is 7.94. The fourth-order valence-electron chi connectivity index (χ4n) is 1.63. The predicted octanol–water partition coefficient (Wildman–Crippen LogP) is -0.512. The fourth-order valence-corrected chi connectivity index (χ4v) is 3.43. The Morgan fingerprint density at radius 1 is 1.54 bits per heavy atom. The van der Waals surface area contributed by atoms with Crippen molar-refractivity contribution >= 4 is 9.84 Å². The third-order valence-corrected chi connectivity index (χ3v) is 4.25. The summed E-state index contributed by atoms with van der Waals surface area (Å²) in [6.45, 7) is 0.945. The van der Waals surface area contributed by atoms with Gasteiger partial charge in [-0.15, -0.1) is 0 Å². The van der Waals surface area contributed by atoms with Gasteiger partial charge in [0.2, 0.25) is 0 Å². The topological polar surface area (TPSA) is 57.6 Å². The Hall–Kier alpha value is -0.130. The summed E-state index contributed by atoms with van der Waals surface area (Å²) in [5.41, 5.74) is 0. The molecule has 1 fully saturated rings. The summed E-state index contributed by atoms with van der Waals surface area (Å²) in [6.07, 6.45) is 1.46. The average molecular weight is 207 g/mol. The van der Waals surface area contributed by atoms with E-state index in [-0.39, 0.29) is 18.4 Å². The highest BCUT2D eigenvalue weighted by Crippen LogP contribution is 2.16. The number of hydrogen-bond donors (Lipinski definition) is 1. The molecule has 0 aromatic rings. The average Bonchev–Trinajstić information content (AvgIpc) is 2.42. The van der Waals surface area contributed by atoms with E-state index in [2.05, 4.69) is 0 Å². The van der Waals surface area contributed by atoms with Gasteiger partial charge in [0.1, 0.15) is 0 Å². The summed E-state index contributed by atoms with van der Waals surface area (Å²) < 4.78 is 22.3. The van der Waals surface area contributed by atoms with Crippen LogP contribution in [0.15, 0.2) is 0 Å². The molecule has 5 heteroatoms. The molecule has 1 aliphatic rings. The molecular formula is C8H17NO3S. The second-order valence-corrected chi connectivity index (χ2v) is 5.84. The Labute approximate surface area is 79.5 Å². The summed E-state index contributed by atoms with van der Waals surface area (Å²) in [7, 11) is -0.852. The van der Waals surface area contributed by atoms with Crippen molar-refractivity contribution in [1.82, 2.24) is 4.90 Å². The van der Waals surface area contributed by atoms with Gasteiger partial charge in [0.05, 0.1) is 11.5 Å². The number of rotatable bonds is 4. The van der Waals surface area contributed by atoms with Crippen molar-refractivity contribution in [2.45, 2.75) is 18.9 Å². The quantitative estimate of drug-likeness (QED) is 0.674. The zero-order chi connectivity index (χ0) is 9.90. The van der Waals surface area contributed by atoms with E-state index in [4.69, 9.17) is 5.11 Å². The van der Waals surface area contributed by atoms with Crippen LogP contribution in [-0.4, -0.2) is 56.2 Å². The van der Waals surface area contributed by atoms with E-state index in [9.17, 15) is 8.42 Å². The van der Waals surface area contributed by atoms with Crippen LogP contribution in [0.3, 0.4) is 0 Å². The second kappa shape index (κ2) is 4.39. The van der Waals surface area contributed by atoms with Gasteiger partial charge in [0, 0.05) is 19.2 Å². The van der Waals surface area contributed by atoms with Crippen molar-refractivity contribution in [1.29, 1.82) is 0 Å². The van der Waals surface area contributed by atoms with Gasteiger partial charge in [-0.05, 0) is 19.9 Å². The van der Waals surface area contributed by atoms with Gasteiger partial charge in [-0.3, -0.25) is 0 Å². The minimum Gasteiger partial charge on any atom is -0.396 e. The van der Waals surface area contributed by atoms with Crippen molar-refractivity contribution in [3.05, 3.63) is 0 Å². The number of sulfone groups is 1. The molecule has 1 saturated heterocycles. The van der Waals surface area contributed by atoms with Crippen LogP contribution >= 0.6 is 0 Å². The fraction of sp³-hybridized carbons (Fsp3) is 1.00. The molecule has 1 unspecified atom stereocenters. The molecule has 13 heavy (non-hydrogen) atoms. The lowest BCUT2D eigenvalue weighted by Gasteiger charge is -2.22. The summed E-state index contributed by atoms with van der Waals surface area (Å²) in [4.78, 5) is 2.03. The third kappa shape index (κ3) is 3.25. The van der Waals surface area contributed by atoms with Crippen molar-refractivity contribution in [3.8, 4) is 0 Å². The minimum atomic E-state index is -2.77. The number of hydrogen-bond acceptors (Lipinski definition) is 4. The smallest absolute Gasteiger partial charge is 0.151 e. The molecule has 0 bridgehead atoms. The monoisotopic (exact) mass is 207 g/mol. The van der Waals surface area contributed by atoms with Crippen LogP contribution in [0.5, 0.6) is 0 Å². The maximum atomic E-state index is 11.1. The number of aliphatic hydroxyl groups excluding tert-OH is 1. The van der Waals surface area contributed by atoms with Gasteiger partial charge in [-0.25, -0.2) is 8.42 Å². The third-order valence-electron chi connectivity index (χ3n) is 2.50. The van der Waals surface area contributed by atoms with E-state index in [1.54, 1.807) is 0 Å². The molecule has 1 aliphatic heterocycles. The number of nitrogens with zero attached hydrogens (tertiary/aromatic N) is 1. The normalized spacial score (nSPS) is 26.8.